The average molecular weight is 533 g/mol. The molecule has 0 saturated heterocycles. The van der Waals surface area contributed by atoms with E-state index in [0.717, 1.165) is 13.1 Å². The first kappa shape index (κ1) is 22.1. The summed E-state index contributed by atoms with van der Waals surface area (Å²) in [5.41, 5.74) is 7.43. The Morgan fingerprint density at radius 2 is 1.57 bits per heavy atom. The molecule has 0 fully saturated rings. The molecule has 0 N–H and O–H groups in total. The Balaban J connectivity index is 1.46. The van der Waals surface area contributed by atoms with E-state index in [1.165, 1.54) is 50.0 Å². The number of hydrogen-bond donors (Lipinski definition) is 0. The van der Waals surface area contributed by atoms with Gasteiger partial charge < -0.3 is 4.90 Å². The lowest BCUT2D eigenvalue weighted by Crippen LogP contribution is -2.39. The van der Waals surface area contributed by atoms with Gasteiger partial charge in [0, 0.05) is 57.6 Å². The number of halogens is 2. The molecule has 0 amide bonds. The van der Waals surface area contributed by atoms with Crippen LogP contribution in [-0.4, -0.2) is 29.4 Å². The summed E-state index contributed by atoms with van der Waals surface area (Å²) >= 11 is 7.32. The van der Waals surface area contributed by atoms with Gasteiger partial charge >= 0.3 is 0 Å². The molecular formula is C26H33Br2N2+. The first-order valence-corrected chi connectivity index (χ1v) is 12.6. The third kappa shape index (κ3) is 3.48. The van der Waals surface area contributed by atoms with E-state index in [2.05, 4.69) is 119 Å². The highest BCUT2D eigenvalue weighted by Gasteiger charge is 2.43. The van der Waals surface area contributed by atoms with Crippen molar-refractivity contribution in [3.63, 3.8) is 0 Å². The normalized spacial score (nSPS) is 21.2. The van der Waals surface area contributed by atoms with Crippen LogP contribution in [0.3, 0.4) is 0 Å². The molecule has 2 heterocycles. The van der Waals surface area contributed by atoms with Gasteiger partial charge in [0.05, 0.1) is 5.41 Å². The summed E-state index contributed by atoms with van der Waals surface area (Å²) in [6, 6.07) is 14.0. The zero-order chi connectivity index (χ0) is 21.8. The van der Waals surface area contributed by atoms with Gasteiger partial charge in [-0.05, 0) is 63.1 Å². The van der Waals surface area contributed by atoms with Crippen LogP contribution in [0, 0.1) is 0 Å². The second-order valence-electron chi connectivity index (χ2n) is 9.98. The number of hydrogen-bond acceptors (Lipinski definition) is 1. The number of anilines is 1. The minimum Gasteiger partial charge on any atom is -0.368 e. The van der Waals surface area contributed by atoms with Crippen LogP contribution in [0.4, 0.5) is 11.4 Å². The molecule has 2 aliphatic rings. The summed E-state index contributed by atoms with van der Waals surface area (Å²) < 4.78 is 4.89. The van der Waals surface area contributed by atoms with Gasteiger partial charge in [0.2, 0.25) is 5.69 Å². The van der Waals surface area contributed by atoms with Crippen LogP contribution in [0.25, 0.3) is 0 Å². The van der Waals surface area contributed by atoms with E-state index in [9.17, 15) is 0 Å². The molecule has 0 bridgehead atoms. The van der Waals surface area contributed by atoms with Crippen molar-refractivity contribution in [3.8, 4) is 0 Å². The van der Waals surface area contributed by atoms with Crippen molar-refractivity contribution in [2.75, 3.05) is 18.0 Å². The van der Waals surface area contributed by atoms with Crippen molar-refractivity contribution < 1.29 is 4.58 Å². The van der Waals surface area contributed by atoms with E-state index in [0.29, 0.717) is 6.04 Å². The van der Waals surface area contributed by atoms with E-state index in [-0.39, 0.29) is 10.8 Å². The zero-order valence-electron chi connectivity index (χ0n) is 19.0. The minimum atomic E-state index is 0.0962. The third-order valence-electron chi connectivity index (χ3n) is 7.74. The van der Waals surface area contributed by atoms with E-state index in [1.54, 1.807) is 0 Å². The summed E-state index contributed by atoms with van der Waals surface area (Å²) in [4.78, 5) is 2.62. The number of unbranched alkanes of at least 4 members (excludes halogenated alkanes) is 1. The smallest absolute Gasteiger partial charge is 0.209 e. The molecule has 2 aromatic carbocycles. The van der Waals surface area contributed by atoms with Crippen molar-refractivity contribution in [2.24, 2.45) is 0 Å². The molecule has 1 unspecified atom stereocenters. The topological polar surface area (TPSA) is 6.25 Å². The molecule has 4 heteroatoms. The van der Waals surface area contributed by atoms with Crippen LogP contribution in [0.15, 0.2) is 45.3 Å². The maximum Gasteiger partial charge on any atom is 0.209 e. The van der Waals surface area contributed by atoms with Crippen molar-refractivity contribution >= 4 is 48.9 Å². The fraction of sp³-hybridized carbons (Fsp3) is 0.500. The lowest BCUT2D eigenvalue weighted by Gasteiger charge is -2.31. The van der Waals surface area contributed by atoms with Gasteiger partial charge in [-0.3, -0.25) is 0 Å². The second-order valence-corrected chi connectivity index (χ2v) is 11.8. The predicted octanol–water partition coefficient (Wildman–Crippen LogP) is 7.57. The van der Waals surface area contributed by atoms with Gasteiger partial charge in [0.1, 0.15) is 6.54 Å². The van der Waals surface area contributed by atoms with Crippen molar-refractivity contribution in [3.05, 3.63) is 56.5 Å². The van der Waals surface area contributed by atoms with Crippen LogP contribution < -0.4 is 4.90 Å². The Kier molecular flexibility index (Phi) is 5.72. The molecule has 30 heavy (non-hydrogen) atoms. The molecule has 0 aliphatic carbocycles. The summed E-state index contributed by atoms with van der Waals surface area (Å²) in [5, 5.41) is 0. The maximum absolute atomic E-state index is 3.66. The fourth-order valence-electron chi connectivity index (χ4n) is 5.21. The van der Waals surface area contributed by atoms with E-state index in [1.807, 2.05) is 0 Å². The van der Waals surface area contributed by atoms with Crippen molar-refractivity contribution in [1.29, 1.82) is 0 Å². The lowest BCUT2D eigenvalue weighted by molar-refractivity contribution is -0.439. The molecule has 160 valence electrons. The largest absolute Gasteiger partial charge is 0.368 e. The quantitative estimate of drug-likeness (QED) is 0.284. The van der Waals surface area contributed by atoms with Gasteiger partial charge in [-0.2, -0.15) is 4.58 Å². The van der Waals surface area contributed by atoms with Crippen molar-refractivity contribution in [2.45, 2.75) is 71.3 Å². The fourth-order valence-corrected chi connectivity index (χ4v) is 5.93. The first-order valence-electron chi connectivity index (χ1n) is 11.0. The third-order valence-corrected chi connectivity index (χ3v) is 8.72. The summed E-state index contributed by atoms with van der Waals surface area (Å²) in [7, 11) is 0. The standard InChI is InChI=1S/C26H33Br2N2/c1-17-25(3,4)21-15-19(27)9-11-23(21)29(17)13-7-8-14-30-18(2)26(5,6)22-16-20(28)10-12-24(22)30/h9-12,15-17H,7-8,13-14H2,1-6H3/q+1. The Morgan fingerprint density at radius 1 is 0.933 bits per heavy atom. The highest BCUT2D eigenvalue weighted by atomic mass is 79.9. The molecule has 1 atom stereocenters. The SMILES string of the molecule is CC1=[N+](CCCCN2c3ccc(Br)cc3C(C)(C)C2C)c2ccc(Br)cc2C1(C)C. The number of benzene rings is 2. The summed E-state index contributed by atoms with van der Waals surface area (Å²) in [6.45, 7) is 16.3. The molecule has 0 saturated carbocycles. The Labute approximate surface area is 198 Å². The minimum absolute atomic E-state index is 0.0962. The van der Waals surface area contributed by atoms with Gasteiger partial charge in [0.15, 0.2) is 5.71 Å². The molecule has 2 aromatic rings. The molecule has 2 aliphatic heterocycles. The highest BCUT2D eigenvalue weighted by Crippen LogP contribution is 2.46. The van der Waals surface area contributed by atoms with Gasteiger partial charge in [-0.25, -0.2) is 0 Å². The van der Waals surface area contributed by atoms with E-state index >= 15 is 0 Å². The van der Waals surface area contributed by atoms with Gasteiger partial charge in [-0.1, -0.05) is 45.7 Å². The molecule has 2 nitrogen and oxygen atoms in total. The van der Waals surface area contributed by atoms with Crippen LogP contribution in [0.5, 0.6) is 0 Å². The molecule has 0 spiro atoms. The monoisotopic (exact) mass is 531 g/mol. The number of nitrogens with zero attached hydrogens (tertiary/aromatic N) is 2. The highest BCUT2D eigenvalue weighted by molar-refractivity contribution is 9.10. The number of rotatable bonds is 5. The van der Waals surface area contributed by atoms with Crippen LogP contribution in [0.1, 0.15) is 65.5 Å². The van der Waals surface area contributed by atoms with E-state index < -0.39 is 0 Å². The van der Waals surface area contributed by atoms with Gasteiger partial charge in [-0.15, -0.1) is 0 Å². The van der Waals surface area contributed by atoms with Crippen LogP contribution in [0.2, 0.25) is 0 Å². The lowest BCUT2D eigenvalue weighted by atomic mass is 9.81. The zero-order valence-corrected chi connectivity index (χ0v) is 22.2. The van der Waals surface area contributed by atoms with Crippen molar-refractivity contribution in [1.82, 2.24) is 0 Å². The van der Waals surface area contributed by atoms with Crippen LogP contribution in [-0.2, 0) is 10.8 Å². The molecular weight excluding hydrogens is 500 g/mol. The summed E-state index contributed by atoms with van der Waals surface area (Å²) in [5.74, 6) is 0. The molecule has 0 aromatic heterocycles. The molecule has 0 radical (unpaired) electrons. The Bertz CT molecular complexity index is 1020. The second kappa shape index (κ2) is 7.78. The van der Waals surface area contributed by atoms with E-state index in [4.69, 9.17) is 0 Å². The Morgan fingerprint density at radius 3 is 2.27 bits per heavy atom. The number of fused-ring (bicyclic) bond motifs is 2. The Hall–Kier alpha value is -1.13. The molecule has 4 rings (SSSR count). The maximum atomic E-state index is 3.66. The van der Waals surface area contributed by atoms with Crippen LogP contribution >= 0.6 is 31.9 Å². The van der Waals surface area contributed by atoms with Gasteiger partial charge in [0.25, 0.3) is 0 Å². The first-order chi connectivity index (χ1) is 14.0. The average Bonchev–Trinajstić information content (AvgIpc) is 2.99. The predicted molar refractivity (Wildman–Crippen MR) is 136 cm³/mol. The summed E-state index contributed by atoms with van der Waals surface area (Å²) in [6.07, 6.45) is 2.39.